The van der Waals surface area contributed by atoms with Crippen molar-refractivity contribution in [3.63, 3.8) is 0 Å². The van der Waals surface area contributed by atoms with Gasteiger partial charge in [-0.1, -0.05) is 29.8 Å². The summed E-state index contributed by atoms with van der Waals surface area (Å²) in [5, 5.41) is 14.8. The molecule has 116 valence electrons. The molecule has 0 aliphatic heterocycles. The standard InChI is InChI=1S/C16H13BrClN5/c1-10-6-7-13(11(17)8-10)21-16-22-15(9-19-23-16)20-14-5-3-2-4-12(14)18/h2-9H,1H3,(H2,20,21,22,23). The van der Waals surface area contributed by atoms with E-state index in [-0.39, 0.29) is 0 Å². The maximum absolute atomic E-state index is 6.13. The van der Waals surface area contributed by atoms with Gasteiger partial charge < -0.3 is 10.6 Å². The molecule has 0 amide bonds. The summed E-state index contributed by atoms with van der Waals surface area (Å²) in [5.41, 5.74) is 2.79. The van der Waals surface area contributed by atoms with Crippen LogP contribution in [-0.4, -0.2) is 15.2 Å². The van der Waals surface area contributed by atoms with Gasteiger partial charge in [-0.2, -0.15) is 10.1 Å². The zero-order valence-electron chi connectivity index (χ0n) is 12.2. The minimum absolute atomic E-state index is 0.395. The molecule has 23 heavy (non-hydrogen) atoms. The third-order valence-electron chi connectivity index (χ3n) is 3.07. The second-order valence-electron chi connectivity index (χ2n) is 4.88. The zero-order chi connectivity index (χ0) is 16.2. The van der Waals surface area contributed by atoms with E-state index in [0.717, 1.165) is 21.4 Å². The summed E-state index contributed by atoms with van der Waals surface area (Å²) in [7, 11) is 0. The van der Waals surface area contributed by atoms with Gasteiger partial charge in [-0.05, 0) is 52.7 Å². The number of benzene rings is 2. The van der Waals surface area contributed by atoms with Crippen molar-refractivity contribution in [2.75, 3.05) is 10.6 Å². The molecule has 3 aromatic rings. The van der Waals surface area contributed by atoms with Gasteiger partial charge in [0.25, 0.3) is 0 Å². The number of nitrogens with one attached hydrogen (secondary N) is 2. The minimum atomic E-state index is 0.395. The summed E-state index contributed by atoms with van der Waals surface area (Å²) >= 11 is 9.65. The lowest BCUT2D eigenvalue weighted by molar-refractivity contribution is 0.982. The van der Waals surface area contributed by atoms with E-state index in [1.165, 1.54) is 0 Å². The third kappa shape index (κ3) is 3.97. The van der Waals surface area contributed by atoms with E-state index < -0.39 is 0 Å². The lowest BCUT2D eigenvalue weighted by Crippen LogP contribution is -2.03. The molecule has 0 saturated heterocycles. The van der Waals surface area contributed by atoms with E-state index in [9.17, 15) is 0 Å². The van der Waals surface area contributed by atoms with Crippen molar-refractivity contribution in [3.05, 3.63) is 63.7 Å². The van der Waals surface area contributed by atoms with Gasteiger partial charge in [0.1, 0.15) is 0 Å². The molecule has 7 heteroatoms. The molecule has 0 aliphatic rings. The molecule has 0 saturated carbocycles. The summed E-state index contributed by atoms with van der Waals surface area (Å²) in [6, 6.07) is 13.4. The van der Waals surface area contributed by atoms with Gasteiger partial charge in [-0.25, -0.2) is 0 Å². The third-order valence-corrected chi connectivity index (χ3v) is 4.05. The number of hydrogen-bond acceptors (Lipinski definition) is 5. The number of rotatable bonds is 4. The summed E-state index contributed by atoms with van der Waals surface area (Å²) in [6.07, 6.45) is 1.54. The smallest absolute Gasteiger partial charge is 0.249 e. The summed E-state index contributed by atoms with van der Waals surface area (Å²) in [5.74, 6) is 0.949. The van der Waals surface area contributed by atoms with Gasteiger partial charge in [0.15, 0.2) is 5.82 Å². The number of aryl methyl sites for hydroxylation is 1. The van der Waals surface area contributed by atoms with Crippen molar-refractivity contribution in [2.45, 2.75) is 6.92 Å². The van der Waals surface area contributed by atoms with Gasteiger partial charge in [0, 0.05) is 4.47 Å². The van der Waals surface area contributed by atoms with E-state index in [0.29, 0.717) is 16.8 Å². The van der Waals surface area contributed by atoms with Crippen LogP contribution in [-0.2, 0) is 0 Å². The van der Waals surface area contributed by atoms with Crippen molar-refractivity contribution < 1.29 is 0 Å². The number of aromatic nitrogens is 3. The Kier molecular flexibility index (Phi) is 4.73. The Labute approximate surface area is 147 Å². The average molecular weight is 391 g/mol. The lowest BCUT2D eigenvalue weighted by Gasteiger charge is -2.10. The van der Waals surface area contributed by atoms with Gasteiger partial charge >= 0.3 is 0 Å². The molecule has 0 unspecified atom stereocenters. The molecule has 5 nitrogen and oxygen atoms in total. The summed E-state index contributed by atoms with van der Waals surface area (Å²) in [4.78, 5) is 4.39. The molecule has 0 atom stereocenters. The number of para-hydroxylation sites is 1. The molecule has 0 fully saturated rings. The molecule has 3 rings (SSSR count). The normalized spacial score (nSPS) is 10.4. The number of anilines is 4. The van der Waals surface area contributed by atoms with Crippen molar-refractivity contribution in [1.29, 1.82) is 0 Å². The highest BCUT2D eigenvalue weighted by molar-refractivity contribution is 9.10. The van der Waals surface area contributed by atoms with Crippen LogP contribution >= 0.6 is 27.5 Å². The number of nitrogens with zero attached hydrogens (tertiary/aromatic N) is 3. The molecule has 0 spiro atoms. The van der Waals surface area contributed by atoms with Crippen molar-refractivity contribution in [2.24, 2.45) is 0 Å². The highest BCUT2D eigenvalue weighted by Gasteiger charge is 2.06. The Morgan fingerprint density at radius 3 is 2.65 bits per heavy atom. The topological polar surface area (TPSA) is 62.7 Å². The predicted octanol–water partition coefficient (Wildman–Crippen LogP) is 5.08. The molecule has 0 bridgehead atoms. The number of hydrogen-bond donors (Lipinski definition) is 2. The lowest BCUT2D eigenvalue weighted by atomic mass is 10.2. The van der Waals surface area contributed by atoms with Crippen LogP contribution in [0.3, 0.4) is 0 Å². The van der Waals surface area contributed by atoms with E-state index in [1.54, 1.807) is 12.3 Å². The molecule has 2 N–H and O–H groups in total. The zero-order valence-corrected chi connectivity index (χ0v) is 14.6. The Morgan fingerprint density at radius 1 is 1.04 bits per heavy atom. The summed E-state index contributed by atoms with van der Waals surface area (Å²) < 4.78 is 0.936. The highest BCUT2D eigenvalue weighted by Crippen LogP contribution is 2.27. The van der Waals surface area contributed by atoms with Crippen LogP contribution in [0.2, 0.25) is 5.02 Å². The largest absolute Gasteiger partial charge is 0.338 e. The minimum Gasteiger partial charge on any atom is -0.338 e. The first-order valence-electron chi connectivity index (χ1n) is 6.86. The average Bonchev–Trinajstić information content (AvgIpc) is 2.53. The van der Waals surface area contributed by atoms with Crippen molar-refractivity contribution in [1.82, 2.24) is 15.2 Å². The van der Waals surface area contributed by atoms with Crippen LogP contribution in [0, 0.1) is 6.92 Å². The Bertz CT molecular complexity index is 840. The van der Waals surface area contributed by atoms with E-state index in [1.807, 2.05) is 43.3 Å². The predicted molar refractivity (Wildman–Crippen MR) is 96.7 cm³/mol. The van der Waals surface area contributed by atoms with E-state index in [2.05, 4.69) is 41.7 Å². The molecular weight excluding hydrogens is 378 g/mol. The molecule has 0 aliphatic carbocycles. The molecular formula is C16H13BrClN5. The van der Waals surface area contributed by atoms with Crippen LogP contribution in [0.15, 0.2) is 53.1 Å². The summed E-state index contributed by atoms with van der Waals surface area (Å²) in [6.45, 7) is 2.03. The van der Waals surface area contributed by atoms with Crippen LogP contribution < -0.4 is 10.6 Å². The molecule has 1 aromatic heterocycles. The fourth-order valence-corrected chi connectivity index (χ4v) is 2.73. The van der Waals surface area contributed by atoms with Gasteiger partial charge in [-0.3, -0.25) is 0 Å². The van der Waals surface area contributed by atoms with E-state index >= 15 is 0 Å². The Morgan fingerprint density at radius 2 is 1.87 bits per heavy atom. The highest BCUT2D eigenvalue weighted by atomic mass is 79.9. The van der Waals surface area contributed by atoms with Gasteiger partial charge in [0.2, 0.25) is 5.95 Å². The first-order valence-corrected chi connectivity index (χ1v) is 8.03. The molecule has 1 heterocycles. The SMILES string of the molecule is Cc1ccc(Nc2nncc(Nc3ccccc3Cl)n2)c(Br)c1. The fourth-order valence-electron chi connectivity index (χ4n) is 1.96. The Balaban J connectivity index is 1.81. The van der Waals surface area contributed by atoms with Crippen molar-refractivity contribution >= 4 is 50.7 Å². The van der Waals surface area contributed by atoms with Crippen LogP contribution in [0.5, 0.6) is 0 Å². The molecule has 0 radical (unpaired) electrons. The second kappa shape index (κ2) is 6.93. The molecule has 2 aromatic carbocycles. The fraction of sp³-hybridized carbons (Fsp3) is 0.0625. The van der Waals surface area contributed by atoms with Crippen molar-refractivity contribution in [3.8, 4) is 0 Å². The monoisotopic (exact) mass is 389 g/mol. The van der Waals surface area contributed by atoms with E-state index in [4.69, 9.17) is 11.6 Å². The Hall–Kier alpha value is -2.18. The van der Waals surface area contributed by atoms with Crippen LogP contribution in [0.25, 0.3) is 0 Å². The quantitative estimate of drug-likeness (QED) is 0.650. The van der Waals surface area contributed by atoms with Crippen LogP contribution in [0.4, 0.5) is 23.1 Å². The first-order chi connectivity index (χ1) is 11.1. The number of halogens is 2. The first kappa shape index (κ1) is 15.7. The van der Waals surface area contributed by atoms with Gasteiger partial charge in [-0.15, -0.1) is 5.10 Å². The second-order valence-corrected chi connectivity index (χ2v) is 6.14. The van der Waals surface area contributed by atoms with Crippen LogP contribution in [0.1, 0.15) is 5.56 Å². The maximum atomic E-state index is 6.13. The maximum Gasteiger partial charge on any atom is 0.249 e. The van der Waals surface area contributed by atoms with Gasteiger partial charge in [0.05, 0.1) is 22.6 Å².